The Labute approximate surface area is 81.0 Å². The van der Waals surface area contributed by atoms with Gasteiger partial charge in [-0.05, 0) is 18.6 Å². The Morgan fingerprint density at radius 1 is 1.31 bits per heavy atom. The Hall–Kier alpha value is -0.890. The second-order valence-electron chi connectivity index (χ2n) is 2.37. The quantitative estimate of drug-likeness (QED) is 0.666. The number of hydrogen-bond donors (Lipinski definition) is 0. The van der Waals surface area contributed by atoms with E-state index in [9.17, 15) is 0 Å². The van der Waals surface area contributed by atoms with Gasteiger partial charge in [-0.1, -0.05) is 26.8 Å². The number of rotatable bonds is 4. The van der Waals surface area contributed by atoms with Crippen molar-refractivity contribution in [2.45, 2.75) is 33.8 Å². The highest BCUT2D eigenvalue weighted by molar-refractivity contribution is 5.01. The Balaban J connectivity index is 0.000000671. The van der Waals surface area contributed by atoms with Gasteiger partial charge in [-0.3, -0.25) is 4.98 Å². The van der Waals surface area contributed by atoms with Crippen LogP contribution in [-0.2, 0) is 11.3 Å². The molecule has 1 heterocycles. The summed E-state index contributed by atoms with van der Waals surface area (Å²) in [7, 11) is 0. The highest BCUT2D eigenvalue weighted by Gasteiger charge is 1.90. The molecule has 0 radical (unpaired) electrons. The summed E-state index contributed by atoms with van der Waals surface area (Å²) in [5.74, 6) is 0. The number of pyridine rings is 1. The SMILES string of the molecule is CC.CCCOCc1ccccn1. The molecule has 1 aromatic heterocycles. The van der Waals surface area contributed by atoms with E-state index in [1.54, 1.807) is 6.20 Å². The molecule has 0 aromatic carbocycles. The standard InChI is InChI=1S/C9H13NO.C2H6/c1-2-7-11-8-9-5-3-4-6-10-9;1-2/h3-6H,2,7-8H2,1H3;1-2H3. The zero-order chi connectivity index (χ0) is 9.94. The fourth-order valence-corrected chi connectivity index (χ4v) is 0.805. The fraction of sp³-hybridized carbons (Fsp3) is 0.545. The van der Waals surface area contributed by atoms with Crippen molar-refractivity contribution in [2.75, 3.05) is 6.61 Å². The van der Waals surface area contributed by atoms with Gasteiger partial charge in [0.1, 0.15) is 0 Å². The molecule has 2 nitrogen and oxygen atoms in total. The molecule has 0 saturated heterocycles. The van der Waals surface area contributed by atoms with E-state index in [4.69, 9.17) is 4.74 Å². The summed E-state index contributed by atoms with van der Waals surface area (Å²) in [6.45, 7) is 7.55. The lowest BCUT2D eigenvalue weighted by Crippen LogP contribution is -1.95. The summed E-state index contributed by atoms with van der Waals surface area (Å²) in [5, 5.41) is 0. The van der Waals surface area contributed by atoms with Gasteiger partial charge in [0.25, 0.3) is 0 Å². The molecule has 0 aliphatic heterocycles. The number of aromatic nitrogens is 1. The molecule has 0 atom stereocenters. The minimum atomic E-state index is 0.634. The maximum atomic E-state index is 5.31. The van der Waals surface area contributed by atoms with Gasteiger partial charge < -0.3 is 4.74 Å². The normalized spacial score (nSPS) is 8.85. The monoisotopic (exact) mass is 181 g/mol. The van der Waals surface area contributed by atoms with E-state index >= 15 is 0 Å². The maximum Gasteiger partial charge on any atom is 0.0887 e. The van der Waals surface area contributed by atoms with Crippen LogP contribution in [0.5, 0.6) is 0 Å². The van der Waals surface area contributed by atoms with E-state index in [1.807, 2.05) is 32.0 Å². The fourth-order valence-electron chi connectivity index (χ4n) is 0.805. The molecule has 1 aromatic rings. The van der Waals surface area contributed by atoms with Crippen molar-refractivity contribution in [1.29, 1.82) is 0 Å². The molecule has 0 unspecified atom stereocenters. The average molecular weight is 181 g/mol. The maximum absolute atomic E-state index is 5.31. The van der Waals surface area contributed by atoms with Crippen molar-refractivity contribution < 1.29 is 4.74 Å². The van der Waals surface area contributed by atoms with E-state index < -0.39 is 0 Å². The molecule has 0 N–H and O–H groups in total. The number of ether oxygens (including phenoxy) is 1. The zero-order valence-electron chi connectivity index (χ0n) is 8.79. The summed E-state index contributed by atoms with van der Waals surface area (Å²) in [6, 6.07) is 5.84. The van der Waals surface area contributed by atoms with Crippen molar-refractivity contribution >= 4 is 0 Å². The van der Waals surface area contributed by atoms with Gasteiger partial charge in [-0.15, -0.1) is 0 Å². The Morgan fingerprint density at radius 2 is 2.08 bits per heavy atom. The largest absolute Gasteiger partial charge is 0.375 e. The molecular formula is C11H19NO. The second-order valence-corrected chi connectivity index (χ2v) is 2.37. The molecule has 0 saturated carbocycles. The third kappa shape index (κ3) is 6.29. The smallest absolute Gasteiger partial charge is 0.0887 e. The lowest BCUT2D eigenvalue weighted by molar-refractivity contribution is 0.119. The van der Waals surface area contributed by atoms with E-state index in [1.165, 1.54) is 0 Å². The molecule has 0 bridgehead atoms. The third-order valence-corrected chi connectivity index (χ3v) is 1.32. The predicted molar refractivity (Wildman–Crippen MR) is 55.5 cm³/mol. The predicted octanol–water partition coefficient (Wildman–Crippen LogP) is 3.03. The molecule has 0 amide bonds. The van der Waals surface area contributed by atoms with Crippen molar-refractivity contribution in [2.24, 2.45) is 0 Å². The Kier molecular flexibility index (Phi) is 8.57. The first-order valence-electron chi connectivity index (χ1n) is 4.91. The van der Waals surface area contributed by atoms with Crippen LogP contribution in [0.4, 0.5) is 0 Å². The molecule has 1 rings (SSSR count). The molecular weight excluding hydrogens is 162 g/mol. The summed E-state index contributed by atoms with van der Waals surface area (Å²) in [4.78, 5) is 4.13. The lowest BCUT2D eigenvalue weighted by atomic mass is 10.4. The summed E-state index contributed by atoms with van der Waals surface area (Å²) in [6.07, 6.45) is 2.84. The van der Waals surface area contributed by atoms with Crippen molar-refractivity contribution in [3.8, 4) is 0 Å². The van der Waals surface area contributed by atoms with Crippen LogP contribution >= 0.6 is 0 Å². The molecule has 0 aliphatic rings. The van der Waals surface area contributed by atoms with Crippen LogP contribution in [0.1, 0.15) is 32.9 Å². The van der Waals surface area contributed by atoms with Gasteiger partial charge in [-0.2, -0.15) is 0 Å². The molecule has 2 heteroatoms. The van der Waals surface area contributed by atoms with Crippen molar-refractivity contribution in [3.63, 3.8) is 0 Å². The zero-order valence-corrected chi connectivity index (χ0v) is 8.79. The molecule has 13 heavy (non-hydrogen) atoms. The Bertz CT molecular complexity index is 187. The molecule has 74 valence electrons. The first kappa shape index (κ1) is 12.1. The van der Waals surface area contributed by atoms with Crippen molar-refractivity contribution in [1.82, 2.24) is 4.98 Å². The van der Waals surface area contributed by atoms with Gasteiger partial charge >= 0.3 is 0 Å². The highest BCUT2D eigenvalue weighted by Crippen LogP contribution is 1.95. The lowest BCUT2D eigenvalue weighted by Gasteiger charge is -1.99. The van der Waals surface area contributed by atoms with Gasteiger partial charge in [0.2, 0.25) is 0 Å². The van der Waals surface area contributed by atoms with Gasteiger partial charge in [-0.25, -0.2) is 0 Å². The van der Waals surface area contributed by atoms with E-state index in [2.05, 4.69) is 11.9 Å². The van der Waals surface area contributed by atoms with E-state index in [0.717, 1.165) is 18.7 Å². The van der Waals surface area contributed by atoms with Gasteiger partial charge in [0.05, 0.1) is 12.3 Å². The van der Waals surface area contributed by atoms with Gasteiger partial charge in [0, 0.05) is 12.8 Å². The highest BCUT2D eigenvalue weighted by atomic mass is 16.5. The van der Waals surface area contributed by atoms with E-state index in [0.29, 0.717) is 6.61 Å². The van der Waals surface area contributed by atoms with Crippen LogP contribution in [0.25, 0.3) is 0 Å². The first-order chi connectivity index (χ1) is 6.43. The van der Waals surface area contributed by atoms with Crippen LogP contribution in [0.3, 0.4) is 0 Å². The average Bonchev–Trinajstić information content (AvgIpc) is 2.23. The topological polar surface area (TPSA) is 22.1 Å². The van der Waals surface area contributed by atoms with Crippen LogP contribution in [0.2, 0.25) is 0 Å². The van der Waals surface area contributed by atoms with Gasteiger partial charge in [0.15, 0.2) is 0 Å². The van der Waals surface area contributed by atoms with Crippen LogP contribution in [0.15, 0.2) is 24.4 Å². The third-order valence-electron chi connectivity index (χ3n) is 1.32. The van der Waals surface area contributed by atoms with Crippen LogP contribution in [-0.4, -0.2) is 11.6 Å². The minimum absolute atomic E-state index is 0.634. The van der Waals surface area contributed by atoms with E-state index in [-0.39, 0.29) is 0 Å². The number of hydrogen-bond acceptors (Lipinski definition) is 2. The summed E-state index contributed by atoms with van der Waals surface area (Å²) in [5.41, 5.74) is 1.00. The minimum Gasteiger partial charge on any atom is -0.375 e. The van der Waals surface area contributed by atoms with Crippen molar-refractivity contribution in [3.05, 3.63) is 30.1 Å². The molecule has 0 fully saturated rings. The summed E-state index contributed by atoms with van der Waals surface area (Å²) >= 11 is 0. The molecule has 0 aliphatic carbocycles. The molecule has 0 spiro atoms. The first-order valence-corrected chi connectivity index (χ1v) is 4.91. The Morgan fingerprint density at radius 3 is 2.62 bits per heavy atom. The van der Waals surface area contributed by atoms with Crippen LogP contribution < -0.4 is 0 Å². The summed E-state index contributed by atoms with van der Waals surface area (Å²) < 4.78 is 5.31. The second kappa shape index (κ2) is 9.20. The van der Waals surface area contributed by atoms with Crippen LogP contribution in [0, 0.1) is 0 Å². The number of nitrogens with zero attached hydrogens (tertiary/aromatic N) is 1.